The highest BCUT2D eigenvalue weighted by molar-refractivity contribution is 6.03. The van der Waals surface area contributed by atoms with Gasteiger partial charge >= 0.3 is 0 Å². The first kappa shape index (κ1) is 15.3. The SMILES string of the molecule is O=C(Nc1cccnc1Oc1ccc(F)cc1)c1cncc(=O)[nH]1. The van der Waals surface area contributed by atoms with Crippen molar-refractivity contribution in [2.45, 2.75) is 0 Å². The number of amides is 1. The first-order valence-corrected chi connectivity index (χ1v) is 6.86. The summed E-state index contributed by atoms with van der Waals surface area (Å²) in [4.78, 5) is 33.4. The van der Waals surface area contributed by atoms with Gasteiger partial charge in [-0.2, -0.15) is 0 Å². The molecule has 120 valence electrons. The van der Waals surface area contributed by atoms with Crippen LogP contribution in [0, 0.1) is 5.82 Å². The second-order valence-corrected chi connectivity index (χ2v) is 4.68. The lowest BCUT2D eigenvalue weighted by molar-refractivity contribution is 0.102. The summed E-state index contributed by atoms with van der Waals surface area (Å²) in [6.07, 6.45) is 3.78. The van der Waals surface area contributed by atoms with Crippen LogP contribution in [0.25, 0.3) is 0 Å². The lowest BCUT2D eigenvalue weighted by Gasteiger charge is -2.10. The zero-order valence-corrected chi connectivity index (χ0v) is 12.2. The van der Waals surface area contributed by atoms with E-state index in [1.807, 2.05) is 0 Å². The topological polar surface area (TPSA) is 97.0 Å². The smallest absolute Gasteiger partial charge is 0.273 e. The van der Waals surface area contributed by atoms with Crippen LogP contribution in [0.3, 0.4) is 0 Å². The van der Waals surface area contributed by atoms with E-state index < -0.39 is 17.3 Å². The van der Waals surface area contributed by atoms with Gasteiger partial charge in [0.25, 0.3) is 11.5 Å². The van der Waals surface area contributed by atoms with E-state index in [-0.39, 0.29) is 17.3 Å². The Morgan fingerprint density at radius 2 is 1.96 bits per heavy atom. The van der Waals surface area contributed by atoms with Crippen molar-refractivity contribution < 1.29 is 13.9 Å². The van der Waals surface area contributed by atoms with E-state index in [0.717, 1.165) is 6.20 Å². The van der Waals surface area contributed by atoms with E-state index in [4.69, 9.17) is 4.74 Å². The Hall–Kier alpha value is -3.55. The number of anilines is 1. The fraction of sp³-hybridized carbons (Fsp3) is 0. The second-order valence-electron chi connectivity index (χ2n) is 4.68. The number of hydrogen-bond acceptors (Lipinski definition) is 5. The predicted octanol–water partition coefficient (Wildman–Crippen LogP) is 2.35. The largest absolute Gasteiger partial charge is 0.437 e. The quantitative estimate of drug-likeness (QED) is 0.767. The normalized spacial score (nSPS) is 10.2. The van der Waals surface area contributed by atoms with Crippen LogP contribution < -0.4 is 15.6 Å². The number of halogens is 1. The summed E-state index contributed by atoms with van der Waals surface area (Å²) in [7, 11) is 0. The van der Waals surface area contributed by atoms with Gasteiger partial charge < -0.3 is 15.0 Å². The number of nitrogens with zero attached hydrogens (tertiary/aromatic N) is 2. The van der Waals surface area contributed by atoms with E-state index in [1.165, 1.54) is 36.7 Å². The molecule has 7 nitrogen and oxygen atoms in total. The molecule has 0 atom stereocenters. The average molecular weight is 326 g/mol. The van der Waals surface area contributed by atoms with Gasteiger partial charge in [0, 0.05) is 6.20 Å². The molecule has 0 saturated carbocycles. The maximum Gasteiger partial charge on any atom is 0.273 e. The van der Waals surface area contributed by atoms with Crippen molar-refractivity contribution in [3.8, 4) is 11.6 Å². The van der Waals surface area contributed by atoms with Crippen molar-refractivity contribution in [3.63, 3.8) is 0 Å². The number of rotatable bonds is 4. The van der Waals surface area contributed by atoms with Gasteiger partial charge in [-0.25, -0.2) is 9.37 Å². The Kier molecular flexibility index (Phi) is 4.28. The molecule has 24 heavy (non-hydrogen) atoms. The number of hydrogen-bond donors (Lipinski definition) is 2. The molecular weight excluding hydrogens is 315 g/mol. The highest BCUT2D eigenvalue weighted by Crippen LogP contribution is 2.27. The molecule has 0 spiro atoms. The van der Waals surface area contributed by atoms with Crippen molar-refractivity contribution in [3.05, 3.63) is 76.9 Å². The van der Waals surface area contributed by atoms with Gasteiger partial charge in [0.05, 0.1) is 12.4 Å². The number of pyridine rings is 1. The fourth-order valence-corrected chi connectivity index (χ4v) is 1.86. The van der Waals surface area contributed by atoms with Crippen LogP contribution in [0.15, 0.2) is 59.8 Å². The fourth-order valence-electron chi connectivity index (χ4n) is 1.86. The number of carbonyl (C=O) groups is 1. The average Bonchev–Trinajstić information content (AvgIpc) is 2.58. The van der Waals surface area contributed by atoms with Crippen LogP contribution in [-0.4, -0.2) is 20.9 Å². The number of nitrogens with one attached hydrogen (secondary N) is 2. The van der Waals surface area contributed by atoms with Crippen molar-refractivity contribution in [1.82, 2.24) is 15.0 Å². The Bertz CT molecular complexity index is 925. The van der Waals surface area contributed by atoms with Gasteiger partial charge in [0.1, 0.15) is 22.9 Å². The first-order valence-electron chi connectivity index (χ1n) is 6.86. The summed E-state index contributed by atoms with van der Waals surface area (Å²) in [5.41, 5.74) is -0.202. The molecule has 0 unspecified atom stereocenters. The van der Waals surface area contributed by atoms with Gasteiger partial charge in [-0.15, -0.1) is 0 Å². The number of benzene rings is 1. The van der Waals surface area contributed by atoms with Crippen LogP contribution in [0.1, 0.15) is 10.5 Å². The molecule has 0 fully saturated rings. The van der Waals surface area contributed by atoms with Crippen molar-refractivity contribution in [2.75, 3.05) is 5.32 Å². The minimum absolute atomic E-state index is 0.000847. The Balaban J connectivity index is 1.82. The summed E-state index contributed by atoms with van der Waals surface area (Å²) in [6.45, 7) is 0. The molecule has 3 rings (SSSR count). The first-order chi connectivity index (χ1) is 11.6. The lowest BCUT2D eigenvalue weighted by atomic mass is 10.3. The third-order valence-corrected chi connectivity index (χ3v) is 2.95. The third-order valence-electron chi connectivity index (χ3n) is 2.95. The number of aromatic amines is 1. The molecule has 2 N–H and O–H groups in total. The van der Waals surface area contributed by atoms with Crippen molar-refractivity contribution >= 4 is 11.6 Å². The molecule has 0 saturated heterocycles. The summed E-state index contributed by atoms with van der Waals surface area (Å²) in [6, 6.07) is 8.56. The molecular formula is C16H11FN4O3. The number of ether oxygens (including phenoxy) is 1. The standard InChI is InChI=1S/C16H11FN4O3/c17-10-3-5-11(6-4-10)24-16-12(2-1-7-19-16)21-15(23)13-8-18-9-14(22)20-13/h1-9H,(H,20,22)(H,21,23). The molecule has 0 radical (unpaired) electrons. The predicted molar refractivity (Wildman–Crippen MR) is 83.5 cm³/mol. The van der Waals surface area contributed by atoms with Gasteiger partial charge in [0.2, 0.25) is 5.88 Å². The Morgan fingerprint density at radius 3 is 2.71 bits per heavy atom. The van der Waals surface area contributed by atoms with E-state index in [0.29, 0.717) is 5.75 Å². The van der Waals surface area contributed by atoms with Crippen molar-refractivity contribution in [2.24, 2.45) is 0 Å². The van der Waals surface area contributed by atoms with Crippen LogP contribution >= 0.6 is 0 Å². The third kappa shape index (κ3) is 3.61. The summed E-state index contributed by atoms with van der Waals surface area (Å²) in [5.74, 6) is -0.473. The molecule has 2 heterocycles. The monoisotopic (exact) mass is 326 g/mol. The Morgan fingerprint density at radius 1 is 1.17 bits per heavy atom. The number of aromatic nitrogens is 3. The van der Waals surface area contributed by atoms with Crippen LogP contribution in [0.5, 0.6) is 11.6 Å². The maximum absolute atomic E-state index is 12.9. The molecule has 2 aromatic heterocycles. The lowest BCUT2D eigenvalue weighted by Crippen LogP contribution is -2.19. The van der Waals surface area contributed by atoms with Crippen LogP contribution in [0.4, 0.5) is 10.1 Å². The zero-order valence-electron chi connectivity index (χ0n) is 12.2. The van der Waals surface area contributed by atoms with E-state index in [1.54, 1.807) is 12.1 Å². The molecule has 1 amide bonds. The van der Waals surface area contributed by atoms with Crippen LogP contribution in [-0.2, 0) is 0 Å². The number of carbonyl (C=O) groups excluding carboxylic acids is 1. The molecule has 0 aliphatic rings. The molecule has 0 aliphatic carbocycles. The minimum Gasteiger partial charge on any atom is -0.437 e. The van der Waals surface area contributed by atoms with Crippen molar-refractivity contribution in [1.29, 1.82) is 0 Å². The highest BCUT2D eigenvalue weighted by Gasteiger charge is 2.12. The summed E-state index contributed by atoms with van der Waals surface area (Å²) in [5, 5.41) is 2.58. The van der Waals surface area contributed by atoms with E-state index >= 15 is 0 Å². The van der Waals surface area contributed by atoms with Gasteiger partial charge in [0.15, 0.2) is 0 Å². The Labute approximate surface area is 135 Å². The second kappa shape index (κ2) is 6.69. The maximum atomic E-state index is 12.9. The minimum atomic E-state index is -0.572. The molecule has 3 aromatic rings. The van der Waals surface area contributed by atoms with E-state index in [2.05, 4.69) is 20.3 Å². The molecule has 8 heteroatoms. The van der Waals surface area contributed by atoms with Gasteiger partial charge in [-0.3, -0.25) is 14.6 Å². The highest BCUT2D eigenvalue weighted by atomic mass is 19.1. The van der Waals surface area contributed by atoms with E-state index in [9.17, 15) is 14.0 Å². The summed E-state index contributed by atoms with van der Waals surface area (Å²) >= 11 is 0. The molecule has 0 aliphatic heterocycles. The van der Waals surface area contributed by atoms with Crippen LogP contribution in [0.2, 0.25) is 0 Å². The molecule has 1 aromatic carbocycles. The zero-order chi connectivity index (χ0) is 16.9. The summed E-state index contributed by atoms with van der Waals surface area (Å²) < 4.78 is 18.5. The molecule has 0 bridgehead atoms. The number of H-pyrrole nitrogens is 1. The van der Waals surface area contributed by atoms with Gasteiger partial charge in [-0.05, 0) is 36.4 Å². The van der Waals surface area contributed by atoms with Gasteiger partial charge in [-0.1, -0.05) is 0 Å².